The lowest BCUT2D eigenvalue weighted by molar-refractivity contribution is 0.102. The molecule has 104 valence electrons. The Balaban J connectivity index is 2.33. The molecule has 0 atom stereocenters. The SMILES string of the molecule is Cc1cc(F)c(Br)cc1NC(=O)c1cccc(C)c1F. The monoisotopic (exact) mass is 339 g/mol. The Morgan fingerprint density at radius 2 is 1.85 bits per heavy atom. The van der Waals surface area contributed by atoms with E-state index in [1.165, 1.54) is 18.2 Å². The van der Waals surface area contributed by atoms with Crippen LogP contribution in [0.2, 0.25) is 0 Å². The van der Waals surface area contributed by atoms with Crippen LogP contribution < -0.4 is 5.32 Å². The van der Waals surface area contributed by atoms with Crippen molar-refractivity contribution in [3.63, 3.8) is 0 Å². The summed E-state index contributed by atoms with van der Waals surface area (Å²) in [7, 11) is 0. The number of halogens is 3. The van der Waals surface area contributed by atoms with Gasteiger partial charge in [-0.3, -0.25) is 4.79 Å². The Labute approximate surface area is 123 Å². The number of hydrogen-bond donors (Lipinski definition) is 1. The Hall–Kier alpha value is -1.75. The fourth-order valence-electron chi connectivity index (χ4n) is 1.79. The zero-order chi connectivity index (χ0) is 14.9. The maximum Gasteiger partial charge on any atom is 0.258 e. The van der Waals surface area contributed by atoms with Crippen molar-refractivity contribution in [2.45, 2.75) is 13.8 Å². The molecule has 0 aliphatic heterocycles. The zero-order valence-electron chi connectivity index (χ0n) is 10.9. The number of carbonyl (C=O) groups is 1. The van der Waals surface area contributed by atoms with E-state index in [0.717, 1.165) is 0 Å². The van der Waals surface area contributed by atoms with Gasteiger partial charge in [-0.05, 0) is 59.1 Å². The van der Waals surface area contributed by atoms with E-state index in [2.05, 4.69) is 21.2 Å². The highest BCUT2D eigenvalue weighted by Crippen LogP contribution is 2.25. The van der Waals surface area contributed by atoms with Crippen LogP contribution in [0.1, 0.15) is 21.5 Å². The Morgan fingerprint density at radius 3 is 2.55 bits per heavy atom. The second-order valence-corrected chi connectivity index (χ2v) is 5.33. The molecular weight excluding hydrogens is 328 g/mol. The molecule has 0 radical (unpaired) electrons. The minimum absolute atomic E-state index is 0.0372. The minimum Gasteiger partial charge on any atom is -0.322 e. The van der Waals surface area contributed by atoms with Gasteiger partial charge in [0.1, 0.15) is 11.6 Å². The fraction of sp³-hybridized carbons (Fsp3) is 0.133. The summed E-state index contributed by atoms with van der Waals surface area (Å²) in [6, 6.07) is 7.36. The van der Waals surface area contributed by atoms with Crippen LogP contribution in [0, 0.1) is 25.5 Å². The van der Waals surface area contributed by atoms with Crippen LogP contribution >= 0.6 is 15.9 Å². The average molecular weight is 340 g/mol. The minimum atomic E-state index is -0.562. The van der Waals surface area contributed by atoms with E-state index < -0.39 is 17.5 Å². The van der Waals surface area contributed by atoms with Crippen LogP contribution in [0.3, 0.4) is 0 Å². The van der Waals surface area contributed by atoms with Crippen molar-refractivity contribution in [2.24, 2.45) is 0 Å². The van der Waals surface area contributed by atoms with Gasteiger partial charge in [0.25, 0.3) is 5.91 Å². The number of anilines is 1. The first kappa shape index (κ1) is 14.7. The van der Waals surface area contributed by atoms with Gasteiger partial charge in [-0.15, -0.1) is 0 Å². The smallest absolute Gasteiger partial charge is 0.258 e. The van der Waals surface area contributed by atoms with Crippen LogP contribution in [0.5, 0.6) is 0 Å². The van der Waals surface area contributed by atoms with Gasteiger partial charge in [0, 0.05) is 5.69 Å². The summed E-state index contributed by atoms with van der Waals surface area (Å²) < 4.78 is 27.4. The maximum absolute atomic E-state index is 13.9. The van der Waals surface area contributed by atoms with Gasteiger partial charge in [-0.2, -0.15) is 0 Å². The molecule has 1 N–H and O–H groups in total. The Kier molecular flexibility index (Phi) is 4.18. The van der Waals surface area contributed by atoms with Gasteiger partial charge in [-0.25, -0.2) is 8.78 Å². The van der Waals surface area contributed by atoms with E-state index in [9.17, 15) is 13.6 Å². The quantitative estimate of drug-likeness (QED) is 0.851. The van der Waals surface area contributed by atoms with Crippen molar-refractivity contribution in [3.8, 4) is 0 Å². The van der Waals surface area contributed by atoms with Gasteiger partial charge in [0.15, 0.2) is 0 Å². The summed E-state index contributed by atoms with van der Waals surface area (Å²) in [5.74, 6) is -1.53. The number of nitrogens with one attached hydrogen (secondary N) is 1. The van der Waals surface area contributed by atoms with E-state index in [0.29, 0.717) is 16.8 Å². The largest absolute Gasteiger partial charge is 0.322 e. The topological polar surface area (TPSA) is 29.1 Å². The molecule has 0 bridgehead atoms. The highest BCUT2D eigenvalue weighted by molar-refractivity contribution is 9.10. The average Bonchev–Trinajstić information content (AvgIpc) is 2.39. The van der Waals surface area contributed by atoms with Crippen LogP contribution in [-0.4, -0.2) is 5.91 Å². The third kappa shape index (κ3) is 2.88. The Morgan fingerprint density at radius 1 is 1.15 bits per heavy atom. The third-order valence-corrected chi connectivity index (χ3v) is 3.56. The van der Waals surface area contributed by atoms with Crippen molar-refractivity contribution in [1.82, 2.24) is 0 Å². The molecule has 2 nitrogen and oxygen atoms in total. The first-order valence-electron chi connectivity index (χ1n) is 5.92. The summed E-state index contributed by atoms with van der Waals surface area (Å²) in [6.07, 6.45) is 0. The molecule has 0 saturated heterocycles. The van der Waals surface area contributed by atoms with Gasteiger partial charge in [0.2, 0.25) is 0 Å². The zero-order valence-corrected chi connectivity index (χ0v) is 12.5. The molecule has 2 aromatic rings. The lowest BCUT2D eigenvalue weighted by atomic mass is 10.1. The van der Waals surface area contributed by atoms with Gasteiger partial charge in [-0.1, -0.05) is 12.1 Å². The van der Waals surface area contributed by atoms with E-state index in [1.807, 2.05) is 0 Å². The van der Waals surface area contributed by atoms with Crippen molar-refractivity contribution in [1.29, 1.82) is 0 Å². The lowest BCUT2D eigenvalue weighted by Gasteiger charge is -2.10. The maximum atomic E-state index is 13.9. The van der Waals surface area contributed by atoms with Crippen LogP contribution in [0.15, 0.2) is 34.8 Å². The molecule has 2 rings (SSSR count). The van der Waals surface area contributed by atoms with Crippen molar-refractivity contribution in [3.05, 3.63) is 63.1 Å². The molecule has 0 unspecified atom stereocenters. The molecular formula is C15H12BrF2NO. The second kappa shape index (κ2) is 5.71. The lowest BCUT2D eigenvalue weighted by Crippen LogP contribution is -2.15. The standard InChI is InChI=1S/C15H12BrF2NO/c1-8-4-3-5-10(14(8)18)15(20)19-13-7-11(16)12(17)6-9(13)2/h3-7H,1-2H3,(H,19,20). The first-order valence-corrected chi connectivity index (χ1v) is 6.71. The van der Waals surface area contributed by atoms with Crippen molar-refractivity contribution < 1.29 is 13.6 Å². The summed E-state index contributed by atoms with van der Waals surface area (Å²) >= 11 is 3.05. The van der Waals surface area contributed by atoms with Crippen molar-refractivity contribution >= 4 is 27.5 Å². The number of benzene rings is 2. The molecule has 0 saturated carbocycles. The number of carbonyl (C=O) groups excluding carboxylic acids is 1. The summed E-state index contributed by atoms with van der Waals surface area (Å²) in [5, 5.41) is 2.59. The molecule has 0 fully saturated rings. The summed E-state index contributed by atoms with van der Waals surface area (Å²) in [6.45, 7) is 3.25. The fourth-order valence-corrected chi connectivity index (χ4v) is 2.14. The predicted molar refractivity (Wildman–Crippen MR) is 77.9 cm³/mol. The normalized spacial score (nSPS) is 10.4. The number of rotatable bonds is 2. The van der Waals surface area contributed by atoms with Crippen LogP contribution in [0.25, 0.3) is 0 Å². The molecule has 20 heavy (non-hydrogen) atoms. The number of hydrogen-bond acceptors (Lipinski definition) is 1. The molecule has 0 aromatic heterocycles. The van der Waals surface area contributed by atoms with E-state index >= 15 is 0 Å². The van der Waals surface area contributed by atoms with Gasteiger partial charge < -0.3 is 5.32 Å². The molecule has 1 amide bonds. The molecule has 0 aliphatic rings. The molecule has 0 heterocycles. The highest BCUT2D eigenvalue weighted by Gasteiger charge is 2.15. The van der Waals surface area contributed by atoms with Gasteiger partial charge >= 0.3 is 0 Å². The highest BCUT2D eigenvalue weighted by atomic mass is 79.9. The third-order valence-electron chi connectivity index (χ3n) is 2.95. The number of aryl methyl sites for hydroxylation is 2. The Bertz CT molecular complexity index is 686. The van der Waals surface area contributed by atoms with E-state index in [4.69, 9.17) is 0 Å². The van der Waals surface area contributed by atoms with Crippen molar-refractivity contribution in [2.75, 3.05) is 5.32 Å². The first-order chi connectivity index (χ1) is 9.40. The molecule has 5 heteroatoms. The number of amides is 1. The molecule has 0 spiro atoms. The summed E-state index contributed by atoms with van der Waals surface area (Å²) in [5.41, 5.74) is 1.36. The van der Waals surface area contributed by atoms with E-state index in [1.54, 1.807) is 26.0 Å². The summed E-state index contributed by atoms with van der Waals surface area (Å²) in [4.78, 5) is 12.1. The van der Waals surface area contributed by atoms with Crippen LogP contribution in [0.4, 0.5) is 14.5 Å². The predicted octanol–water partition coefficient (Wildman–Crippen LogP) is 4.60. The molecule has 0 aliphatic carbocycles. The second-order valence-electron chi connectivity index (χ2n) is 4.47. The van der Waals surface area contributed by atoms with Gasteiger partial charge in [0.05, 0.1) is 10.0 Å². The van der Waals surface area contributed by atoms with Crippen LogP contribution in [-0.2, 0) is 0 Å². The van der Waals surface area contributed by atoms with E-state index in [-0.39, 0.29) is 10.0 Å². The molecule has 2 aromatic carbocycles.